The zero-order valence-corrected chi connectivity index (χ0v) is 8.45. The van der Waals surface area contributed by atoms with Gasteiger partial charge in [-0.1, -0.05) is 11.3 Å². The first-order valence-corrected chi connectivity index (χ1v) is 4.89. The van der Waals surface area contributed by atoms with E-state index in [-0.39, 0.29) is 9.88 Å². The third kappa shape index (κ3) is 1.82. The molecule has 0 saturated carbocycles. The molecule has 0 atom stereocenters. The summed E-state index contributed by atoms with van der Waals surface area (Å²) in [5.41, 5.74) is -0.309. The fourth-order valence-electron chi connectivity index (χ4n) is 1.14. The molecule has 2 aromatic rings. The molecule has 0 fully saturated rings. The van der Waals surface area contributed by atoms with Crippen LogP contribution >= 0.6 is 11.3 Å². The zero-order valence-electron chi connectivity index (χ0n) is 7.64. The first-order chi connectivity index (χ1) is 7.58. The number of hydrogen-bond donors (Lipinski definition) is 1. The highest BCUT2D eigenvalue weighted by molar-refractivity contribution is 7.12. The molecule has 0 unspecified atom stereocenters. The second kappa shape index (κ2) is 3.81. The molecular weight excluding hydrogens is 237 g/mol. The standard InChI is InChI=1S/C8H4FN3O3S/c9-5-2-1-4(3-6(5)12(14)15)7-10-11-8(13)16-7/h1-3H,(H,11,13). The Labute approximate surface area is 91.5 Å². The summed E-state index contributed by atoms with van der Waals surface area (Å²) in [7, 11) is 0. The van der Waals surface area contributed by atoms with E-state index < -0.39 is 16.4 Å². The molecule has 1 aromatic carbocycles. The molecule has 1 heterocycles. The summed E-state index contributed by atoms with van der Waals surface area (Å²) in [5, 5.41) is 16.6. The van der Waals surface area contributed by atoms with Gasteiger partial charge in [0.05, 0.1) is 4.92 Å². The van der Waals surface area contributed by atoms with Crippen LogP contribution in [0.1, 0.15) is 0 Å². The Morgan fingerprint density at radius 2 is 2.25 bits per heavy atom. The van der Waals surface area contributed by atoms with Crippen molar-refractivity contribution in [2.75, 3.05) is 0 Å². The van der Waals surface area contributed by atoms with Gasteiger partial charge >= 0.3 is 10.6 Å². The van der Waals surface area contributed by atoms with Gasteiger partial charge in [0.15, 0.2) is 0 Å². The summed E-state index contributed by atoms with van der Waals surface area (Å²) in [6, 6.07) is 3.34. The van der Waals surface area contributed by atoms with Gasteiger partial charge in [-0.25, -0.2) is 5.10 Å². The molecule has 2 rings (SSSR count). The summed E-state index contributed by atoms with van der Waals surface area (Å²) in [5.74, 6) is -0.920. The lowest BCUT2D eigenvalue weighted by Crippen LogP contribution is -1.92. The monoisotopic (exact) mass is 241 g/mol. The third-order valence-electron chi connectivity index (χ3n) is 1.83. The molecule has 16 heavy (non-hydrogen) atoms. The SMILES string of the molecule is O=c1[nH]nc(-c2ccc(F)c([N+](=O)[O-])c2)s1. The van der Waals surface area contributed by atoms with Crippen molar-refractivity contribution in [2.24, 2.45) is 0 Å². The number of H-pyrrole nitrogens is 1. The van der Waals surface area contributed by atoms with Crippen LogP contribution in [0.15, 0.2) is 23.0 Å². The van der Waals surface area contributed by atoms with Crippen molar-refractivity contribution < 1.29 is 9.31 Å². The number of benzene rings is 1. The lowest BCUT2D eigenvalue weighted by Gasteiger charge is -1.96. The van der Waals surface area contributed by atoms with Crippen molar-refractivity contribution in [3.8, 4) is 10.6 Å². The third-order valence-corrected chi connectivity index (χ3v) is 2.62. The second-order valence-corrected chi connectivity index (χ2v) is 3.80. The Balaban J connectivity index is 2.55. The van der Waals surface area contributed by atoms with Gasteiger partial charge < -0.3 is 0 Å². The molecule has 1 aromatic heterocycles. The van der Waals surface area contributed by atoms with E-state index in [1.165, 1.54) is 6.07 Å². The van der Waals surface area contributed by atoms with Crippen LogP contribution in [-0.4, -0.2) is 15.1 Å². The molecule has 0 spiro atoms. The molecule has 0 amide bonds. The van der Waals surface area contributed by atoms with Gasteiger partial charge in [-0.3, -0.25) is 14.9 Å². The maximum absolute atomic E-state index is 13.0. The first-order valence-electron chi connectivity index (χ1n) is 4.08. The molecule has 0 aliphatic rings. The van der Waals surface area contributed by atoms with Gasteiger partial charge in [0, 0.05) is 11.6 Å². The van der Waals surface area contributed by atoms with Gasteiger partial charge in [0.2, 0.25) is 5.82 Å². The molecule has 0 aliphatic heterocycles. The van der Waals surface area contributed by atoms with Crippen molar-refractivity contribution in [1.29, 1.82) is 0 Å². The number of nitro groups is 1. The highest BCUT2D eigenvalue weighted by atomic mass is 32.1. The van der Waals surface area contributed by atoms with Crippen LogP contribution in [0.2, 0.25) is 0 Å². The van der Waals surface area contributed by atoms with Crippen LogP contribution in [-0.2, 0) is 0 Å². The number of rotatable bonds is 2. The van der Waals surface area contributed by atoms with Crippen LogP contribution < -0.4 is 4.87 Å². The van der Waals surface area contributed by atoms with E-state index in [2.05, 4.69) is 10.2 Å². The van der Waals surface area contributed by atoms with E-state index in [1.54, 1.807) is 0 Å². The van der Waals surface area contributed by atoms with Crippen LogP contribution in [0.25, 0.3) is 10.6 Å². The Bertz CT molecular complexity index is 607. The first kappa shape index (κ1) is 10.4. The van der Waals surface area contributed by atoms with E-state index in [0.717, 1.165) is 23.5 Å². The van der Waals surface area contributed by atoms with Crippen molar-refractivity contribution in [3.63, 3.8) is 0 Å². The lowest BCUT2D eigenvalue weighted by molar-refractivity contribution is -0.387. The minimum atomic E-state index is -0.920. The summed E-state index contributed by atoms with van der Waals surface area (Å²) in [6.45, 7) is 0. The Hall–Kier alpha value is -2.09. The summed E-state index contributed by atoms with van der Waals surface area (Å²) in [6.07, 6.45) is 0. The van der Waals surface area contributed by atoms with Crippen LogP contribution in [0.5, 0.6) is 0 Å². The van der Waals surface area contributed by atoms with Gasteiger partial charge in [-0.2, -0.15) is 9.49 Å². The maximum Gasteiger partial charge on any atom is 0.322 e. The zero-order chi connectivity index (χ0) is 11.7. The van der Waals surface area contributed by atoms with E-state index in [0.29, 0.717) is 5.56 Å². The highest BCUT2D eigenvalue weighted by Gasteiger charge is 2.16. The van der Waals surface area contributed by atoms with Gasteiger partial charge in [-0.15, -0.1) is 0 Å². The predicted octanol–water partition coefficient (Wildman–Crippen LogP) is 1.55. The molecule has 0 radical (unpaired) electrons. The average molecular weight is 241 g/mol. The number of hydrogen-bond acceptors (Lipinski definition) is 5. The minimum absolute atomic E-state index is 0.285. The Kier molecular flexibility index (Phi) is 2.49. The Morgan fingerprint density at radius 1 is 1.50 bits per heavy atom. The highest BCUT2D eigenvalue weighted by Crippen LogP contribution is 2.25. The molecule has 0 saturated heterocycles. The molecule has 1 N–H and O–H groups in total. The summed E-state index contributed by atoms with van der Waals surface area (Å²) < 4.78 is 13.0. The van der Waals surface area contributed by atoms with Crippen LogP contribution in [0, 0.1) is 15.9 Å². The lowest BCUT2D eigenvalue weighted by atomic mass is 10.2. The quantitative estimate of drug-likeness (QED) is 0.638. The number of aromatic nitrogens is 2. The maximum atomic E-state index is 13.0. The van der Waals surface area contributed by atoms with E-state index in [4.69, 9.17) is 0 Å². The molecule has 0 bridgehead atoms. The summed E-state index contributed by atoms with van der Waals surface area (Å²) in [4.78, 5) is 20.1. The second-order valence-electron chi connectivity index (χ2n) is 2.84. The summed E-state index contributed by atoms with van der Waals surface area (Å²) >= 11 is 0.800. The predicted molar refractivity (Wildman–Crippen MR) is 54.8 cm³/mol. The smallest absolute Gasteiger partial charge is 0.258 e. The number of nitrogens with one attached hydrogen (secondary N) is 1. The molecule has 6 nitrogen and oxygen atoms in total. The van der Waals surface area contributed by atoms with Crippen molar-refractivity contribution in [1.82, 2.24) is 10.2 Å². The fraction of sp³-hybridized carbons (Fsp3) is 0. The van der Waals surface area contributed by atoms with Gasteiger partial charge in [0.1, 0.15) is 5.01 Å². The van der Waals surface area contributed by atoms with Crippen molar-refractivity contribution >= 4 is 17.0 Å². The van der Waals surface area contributed by atoms with Crippen LogP contribution in [0.3, 0.4) is 0 Å². The average Bonchev–Trinajstić information content (AvgIpc) is 2.65. The molecule has 8 heteroatoms. The topological polar surface area (TPSA) is 88.9 Å². The largest absolute Gasteiger partial charge is 0.322 e. The molecular formula is C8H4FN3O3S. The fourth-order valence-corrected chi connectivity index (χ4v) is 1.74. The minimum Gasteiger partial charge on any atom is -0.258 e. The van der Waals surface area contributed by atoms with Crippen LogP contribution in [0.4, 0.5) is 10.1 Å². The van der Waals surface area contributed by atoms with E-state index in [9.17, 15) is 19.3 Å². The molecule has 0 aliphatic carbocycles. The van der Waals surface area contributed by atoms with E-state index >= 15 is 0 Å². The number of halogens is 1. The van der Waals surface area contributed by atoms with Crippen molar-refractivity contribution in [2.45, 2.75) is 0 Å². The van der Waals surface area contributed by atoms with E-state index in [1.807, 2.05) is 0 Å². The van der Waals surface area contributed by atoms with Gasteiger partial charge in [-0.05, 0) is 12.1 Å². The van der Waals surface area contributed by atoms with Gasteiger partial charge in [0.25, 0.3) is 0 Å². The number of aromatic amines is 1. The Morgan fingerprint density at radius 3 is 2.81 bits per heavy atom. The number of nitrogens with zero attached hydrogens (tertiary/aromatic N) is 2. The van der Waals surface area contributed by atoms with Crippen molar-refractivity contribution in [3.05, 3.63) is 43.8 Å². The normalized spacial score (nSPS) is 10.3. The molecule has 82 valence electrons. The number of nitro benzene ring substituents is 1.